The first-order valence-corrected chi connectivity index (χ1v) is 5.88. The molecule has 0 saturated heterocycles. The maximum atomic E-state index is 11.8. The van der Waals surface area contributed by atoms with Gasteiger partial charge in [-0.1, -0.05) is 0 Å². The van der Waals surface area contributed by atoms with Crippen LogP contribution >= 0.6 is 0 Å². The number of hydrogen-bond donors (Lipinski definition) is 2. The van der Waals surface area contributed by atoms with Crippen LogP contribution in [0.15, 0.2) is 18.2 Å². The number of hydrogen-bond acceptors (Lipinski definition) is 4. The Hall–Kier alpha value is -1.75. The van der Waals surface area contributed by atoms with Gasteiger partial charge < -0.3 is 20.5 Å². The molecule has 0 unspecified atom stereocenters. The smallest absolute Gasteiger partial charge is 0.253 e. The standard InChI is InChI=1S/C13H20N2O3/c1-9(2)18-7-6-15-13(16)11-5-4-10(17-3)8-12(11)14/h4-5,8-9H,6-7,14H2,1-3H3,(H,15,16). The summed E-state index contributed by atoms with van der Waals surface area (Å²) in [6, 6.07) is 4.97. The van der Waals surface area contributed by atoms with Gasteiger partial charge in [0.2, 0.25) is 0 Å². The number of amides is 1. The van der Waals surface area contributed by atoms with Crippen molar-refractivity contribution in [3.05, 3.63) is 23.8 Å². The van der Waals surface area contributed by atoms with E-state index in [1.807, 2.05) is 13.8 Å². The molecule has 18 heavy (non-hydrogen) atoms. The van der Waals surface area contributed by atoms with Gasteiger partial charge >= 0.3 is 0 Å². The zero-order valence-electron chi connectivity index (χ0n) is 11.0. The Morgan fingerprint density at radius 2 is 2.17 bits per heavy atom. The fourth-order valence-electron chi connectivity index (χ4n) is 1.43. The van der Waals surface area contributed by atoms with Crippen molar-refractivity contribution >= 4 is 11.6 Å². The van der Waals surface area contributed by atoms with Gasteiger partial charge in [-0.2, -0.15) is 0 Å². The molecule has 0 aliphatic heterocycles. The molecule has 0 bridgehead atoms. The van der Waals surface area contributed by atoms with Gasteiger partial charge in [-0.05, 0) is 26.0 Å². The molecule has 5 heteroatoms. The minimum atomic E-state index is -0.206. The Balaban J connectivity index is 2.51. The second-order valence-corrected chi connectivity index (χ2v) is 4.13. The normalized spacial score (nSPS) is 10.4. The molecule has 0 atom stereocenters. The second kappa shape index (κ2) is 6.86. The lowest BCUT2D eigenvalue weighted by Crippen LogP contribution is -2.28. The van der Waals surface area contributed by atoms with E-state index in [0.29, 0.717) is 30.2 Å². The molecule has 0 aliphatic rings. The number of nitrogens with two attached hydrogens (primary N) is 1. The molecule has 0 aromatic heterocycles. The van der Waals surface area contributed by atoms with E-state index in [0.717, 1.165) is 0 Å². The van der Waals surface area contributed by atoms with Crippen LogP contribution in [0.5, 0.6) is 5.75 Å². The van der Waals surface area contributed by atoms with Crippen LogP contribution in [0.2, 0.25) is 0 Å². The maximum Gasteiger partial charge on any atom is 0.253 e. The average molecular weight is 252 g/mol. The molecular weight excluding hydrogens is 232 g/mol. The van der Waals surface area contributed by atoms with Crippen LogP contribution in [0.1, 0.15) is 24.2 Å². The van der Waals surface area contributed by atoms with Crippen molar-refractivity contribution in [1.82, 2.24) is 5.32 Å². The maximum absolute atomic E-state index is 11.8. The fourth-order valence-corrected chi connectivity index (χ4v) is 1.43. The predicted octanol–water partition coefficient (Wildman–Crippen LogP) is 1.43. The van der Waals surface area contributed by atoms with Crippen molar-refractivity contribution in [2.24, 2.45) is 0 Å². The Kier molecular flexibility index (Phi) is 5.45. The lowest BCUT2D eigenvalue weighted by Gasteiger charge is -2.10. The highest BCUT2D eigenvalue weighted by Crippen LogP contribution is 2.19. The number of nitrogen functional groups attached to an aromatic ring is 1. The first kappa shape index (κ1) is 14.3. The Labute approximate surface area is 107 Å². The minimum absolute atomic E-state index is 0.160. The molecule has 100 valence electrons. The van der Waals surface area contributed by atoms with E-state index in [-0.39, 0.29) is 12.0 Å². The number of carbonyl (C=O) groups excluding carboxylic acids is 1. The number of rotatable bonds is 6. The van der Waals surface area contributed by atoms with Crippen LogP contribution in [-0.4, -0.2) is 32.3 Å². The van der Waals surface area contributed by atoms with Crippen LogP contribution in [0, 0.1) is 0 Å². The highest BCUT2D eigenvalue weighted by molar-refractivity contribution is 5.99. The molecule has 0 saturated carbocycles. The summed E-state index contributed by atoms with van der Waals surface area (Å²) in [6.07, 6.45) is 0.160. The molecule has 0 aliphatic carbocycles. The summed E-state index contributed by atoms with van der Waals surface area (Å²) in [7, 11) is 1.55. The Bertz CT molecular complexity index is 405. The van der Waals surface area contributed by atoms with Crippen LogP contribution < -0.4 is 15.8 Å². The highest BCUT2D eigenvalue weighted by atomic mass is 16.5. The molecule has 0 spiro atoms. The molecule has 5 nitrogen and oxygen atoms in total. The number of carbonyl (C=O) groups is 1. The summed E-state index contributed by atoms with van der Waals surface area (Å²) in [6.45, 7) is 4.84. The van der Waals surface area contributed by atoms with E-state index in [1.54, 1.807) is 25.3 Å². The van der Waals surface area contributed by atoms with E-state index < -0.39 is 0 Å². The number of ether oxygens (including phenoxy) is 2. The number of benzene rings is 1. The summed E-state index contributed by atoms with van der Waals surface area (Å²) in [5, 5.41) is 2.75. The van der Waals surface area contributed by atoms with Gasteiger partial charge in [0.05, 0.1) is 25.4 Å². The van der Waals surface area contributed by atoms with Gasteiger partial charge in [-0.25, -0.2) is 0 Å². The van der Waals surface area contributed by atoms with E-state index >= 15 is 0 Å². The second-order valence-electron chi connectivity index (χ2n) is 4.13. The summed E-state index contributed by atoms with van der Waals surface area (Å²) < 4.78 is 10.4. The predicted molar refractivity (Wildman–Crippen MR) is 70.8 cm³/mol. The molecule has 1 rings (SSSR count). The molecule has 1 amide bonds. The van der Waals surface area contributed by atoms with Gasteiger partial charge in [0.25, 0.3) is 5.91 Å². The zero-order valence-corrected chi connectivity index (χ0v) is 11.0. The highest BCUT2D eigenvalue weighted by Gasteiger charge is 2.09. The number of nitrogens with one attached hydrogen (secondary N) is 1. The minimum Gasteiger partial charge on any atom is -0.497 e. The molecular formula is C13H20N2O3. The lowest BCUT2D eigenvalue weighted by molar-refractivity contribution is 0.0747. The quantitative estimate of drug-likeness (QED) is 0.593. The summed E-state index contributed by atoms with van der Waals surface area (Å²) >= 11 is 0. The Morgan fingerprint density at radius 1 is 1.44 bits per heavy atom. The third-order valence-electron chi connectivity index (χ3n) is 2.34. The van der Waals surface area contributed by atoms with Crippen LogP contribution in [-0.2, 0) is 4.74 Å². The third kappa shape index (κ3) is 4.25. The van der Waals surface area contributed by atoms with Crippen molar-refractivity contribution in [2.45, 2.75) is 20.0 Å². The van der Waals surface area contributed by atoms with Crippen molar-refractivity contribution < 1.29 is 14.3 Å². The molecule has 0 radical (unpaired) electrons. The third-order valence-corrected chi connectivity index (χ3v) is 2.34. The molecule has 1 aromatic rings. The van der Waals surface area contributed by atoms with E-state index in [9.17, 15) is 4.79 Å². The van der Waals surface area contributed by atoms with Crippen LogP contribution in [0.25, 0.3) is 0 Å². The first-order valence-electron chi connectivity index (χ1n) is 5.88. The van der Waals surface area contributed by atoms with Gasteiger partial charge in [0.15, 0.2) is 0 Å². The SMILES string of the molecule is COc1ccc(C(=O)NCCOC(C)C)c(N)c1. The molecule has 0 heterocycles. The van der Waals surface area contributed by atoms with E-state index in [4.69, 9.17) is 15.2 Å². The number of anilines is 1. The van der Waals surface area contributed by atoms with Crippen molar-refractivity contribution in [3.8, 4) is 5.75 Å². The van der Waals surface area contributed by atoms with Crippen molar-refractivity contribution in [3.63, 3.8) is 0 Å². The fraction of sp³-hybridized carbons (Fsp3) is 0.462. The average Bonchev–Trinajstić information content (AvgIpc) is 2.33. The largest absolute Gasteiger partial charge is 0.497 e. The zero-order chi connectivity index (χ0) is 13.5. The van der Waals surface area contributed by atoms with Crippen molar-refractivity contribution in [1.29, 1.82) is 0 Å². The van der Waals surface area contributed by atoms with Gasteiger partial charge in [0, 0.05) is 18.3 Å². The van der Waals surface area contributed by atoms with Gasteiger partial charge in [-0.15, -0.1) is 0 Å². The first-order chi connectivity index (χ1) is 8.54. The summed E-state index contributed by atoms with van der Waals surface area (Å²) in [4.78, 5) is 11.8. The monoisotopic (exact) mass is 252 g/mol. The van der Waals surface area contributed by atoms with Gasteiger partial charge in [-0.3, -0.25) is 4.79 Å². The van der Waals surface area contributed by atoms with Gasteiger partial charge in [0.1, 0.15) is 5.75 Å². The Morgan fingerprint density at radius 3 is 2.72 bits per heavy atom. The summed E-state index contributed by atoms with van der Waals surface area (Å²) in [5.74, 6) is 0.426. The summed E-state index contributed by atoms with van der Waals surface area (Å²) in [5.41, 5.74) is 6.62. The molecule has 3 N–H and O–H groups in total. The van der Waals surface area contributed by atoms with E-state index in [2.05, 4.69) is 5.32 Å². The van der Waals surface area contributed by atoms with Crippen molar-refractivity contribution in [2.75, 3.05) is 26.0 Å². The lowest BCUT2D eigenvalue weighted by atomic mass is 10.1. The number of methoxy groups -OCH3 is 1. The molecule has 0 fully saturated rings. The van der Waals surface area contributed by atoms with E-state index in [1.165, 1.54) is 0 Å². The van der Waals surface area contributed by atoms with Crippen LogP contribution in [0.3, 0.4) is 0 Å². The topological polar surface area (TPSA) is 73.6 Å². The van der Waals surface area contributed by atoms with Crippen LogP contribution in [0.4, 0.5) is 5.69 Å². The molecule has 1 aromatic carbocycles.